The van der Waals surface area contributed by atoms with Crippen LogP contribution in [0.3, 0.4) is 0 Å². The highest BCUT2D eigenvalue weighted by Crippen LogP contribution is 2.32. The predicted molar refractivity (Wildman–Crippen MR) is 79.6 cm³/mol. The molecule has 21 heavy (non-hydrogen) atoms. The van der Waals surface area contributed by atoms with Crippen LogP contribution in [0.4, 0.5) is 0 Å². The van der Waals surface area contributed by atoms with Gasteiger partial charge in [0.15, 0.2) is 0 Å². The Balaban J connectivity index is 1.91. The minimum Gasteiger partial charge on any atom is -0.378 e. The van der Waals surface area contributed by atoms with Gasteiger partial charge >= 0.3 is 0 Å². The van der Waals surface area contributed by atoms with E-state index in [1.165, 1.54) is 0 Å². The molecule has 2 atom stereocenters. The molecule has 1 saturated carbocycles. The Bertz CT molecular complexity index is 392. The van der Waals surface area contributed by atoms with Crippen LogP contribution in [0.25, 0.3) is 0 Å². The molecule has 1 aliphatic heterocycles. The molecule has 1 aliphatic carbocycles. The molecule has 1 saturated heterocycles. The smallest absolute Gasteiger partial charge is 0.242 e. The second-order valence-corrected chi connectivity index (χ2v) is 6.49. The number of nitrogens with two attached hydrogens (primary N) is 1. The van der Waals surface area contributed by atoms with E-state index in [1.807, 2.05) is 6.92 Å². The third-order valence-corrected chi connectivity index (χ3v) is 4.66. The molecule has 120 valence electrons. The van der Waals surface area contributed by atoms with Crippen LogP contribution in [0.5, 0.6) is 0 Å². The fourth-order valence-corrected chi connectivity index (χ4v) is 3.22. The molecule has 6 nitrogen and oxygen atoms in total. The van der Waals surface area contributed by atoms with Crippen LogP contribution in [-0.4, -0.2) is 67.0 Å². The molecule has 0 aromatic rings. The molecule has 2 aliphatic rings. The van der Waals surface area contributed by atoms with Crippen molar-refractivity contribution in [3.05, 3.63) is 0 Å². The van der Waals surface area contributed by atoms with E-state index in [4.69, 9.17) is 10.5 Å². The third kappa shape index (κ3) is 3.95. The van der Waals surface area contributed by atoms with Crippen LogP contribution >= 0.6 is 0 Å². The number of hydrogen-bond donors (Lipinski definition) is 1. The second kappa shape index (κ2) is 6.75. The van der Waals surface area contributed by atoms with Gasteiger partial charge in [-0.15, -0.1) is 0 Å². The maximum atomic E-state index is 12.6. The van der Waals surface area contributed by atoms with E-state index in [1.54, 1.807) is 16.8 Å². The van der Waals surface area contributed by atoms with Gasteiger partial charge in [0.2, 0.25) is 11.8 Å². The maximum absolute atomic E-state index is 12.6. The van der Waals surface area contributed by atoms with Gasteiger partial charge in [-0.05, 0) is 19.8 Å². The summed E-state index contributed by atoms with van der Waals surface area (Å²) in [7, 11) is 1.70. The zero-order valence-corrected chi connectivity index (χ0v) is 13.1. The number of carbonyl (C=O) groups excluding carboxylic acids is 2. The Morgan fingerprint density at radius 3 is 2.62 bits per heavy atom. The summed E-state index contributed by atoms with van der Waals surface area (Å²) < 4.78 is 5.23. The van der Waals surface area contributed by atoms with E-state index in [-0.39, 0.29) is 24.3 Å². The highest BCUT2D eigenvalue weighted by molar-refractivity contribution is 5.86. The second-order valence-electron chi connectivity index (χ2n) is 6.49. The fourth-order valence-electron chi connectivity index (χ4n) is 3.22. The van der Waals surface area contributed by atoms with E-state index < -0.39 is 5.54 Å². The largest absolute Gasteiger partial charge is 0.378 e. The first kappa shape index (κ1) is 16.2. The molecule has 0 bridgehead atoms. The van der Waals surface area contributed by atoms with Gasteiger partial charge in [-0.3, -0.25) is 9.59 Å². The van der Waals surface area contributed by atoms with Gasteiger partial charge in [0.25, 0.3) is 0 Å². The van der Waals surface area contributed by atoms with Crippen molar-refractivity contribution in [1.82, 2.24) is 9.80 Å². The van der Waals surface area contributed by atoms with Crippen LogP contribution in [0.2, 0.25) is 0 Å². The number of carbonyl (C=O) groups is 2. The van der Waals surface area contributed by atoms with Crippen molar-refractivity contribution in [2.75, 3.05) is 39.9 Å². The first-order valence-corrected chi connectivity index (χ1v) is 7.81. The molecule has 0 aromatic heterocycles. The van der Waals surface area contributed by atoms with Crippen molar-refractivity contribution >= 4 is 11.8 Å². The number of rotatable bonds is 3. The molecule has 0 spiro atoms. The standard InChI is InChI=1S/C15H27N3O3/c1-15(16)6-4-3-5-12(15)14(20)17(2)11-13(19)18-7-9-21-10-8-18/h12H,3-11,16H2,1-2H3. The van der Waals surface area contributed by atoms with Gasteiger partial charge in [-0.2, -0.15) is 0 Å². The normalized spacial score (nSPS) is 30.0. The highest BCUT2D eigenvalue weighted by atomic mass is 16.5. The van der Waals surface area contributed by atoms with Crippen LogP contribution < -0.4 is 5.73 Å². The zero-order chi connectivity index (χ0) is 15.5. The highest BCUT2D eigenvalue weighted by Gasteiger charge is 2.39. The van der Waals surface area contributed by atoms with Gasteiger partial charge in [0, 0.05) is 25.7 Å². The molecule has 6 heteroatoms. The molecule has 2 amide bonds. The van der Waals surface area contributed by atoms with Crippen LogP contribution in [0.15, 0.2) is 0 Å². The number of nitrogens with zero attached hydrogens (tertiary/aromatic N) is 2. The number of morpholine rings is 1. The monoisotopic (exact) mass is 297 g/mol. The SMILES string of the molecule is CN(CC(=O)N1CCOCC1)C(=O)C1CCCCC1(C)N. The Kier molecular flexibility index (Phi) is 5.22. The van der Waals surface area contributed by atoms with Crippen LogP contribution in [-0.2, 0) is 14.3 Å². The molecule has 2 fully saturated rings. The van der Waals surface area contributed by atoms with Crippen molar-refractivity contribution < 1.29 is 14.3 Å². The van der Waals surface area contributed by atoms with E-state index in [0.29, 0.717) is 26.3 Å². The number of amides is 2. The molecule has 2 unspecified atom stereocenters. The minimum atomic E-state index is -0.453. The molecule has 1 heterocycles. The number of ether oxygens (including phenoxy) is 1. The molecule has 0 aromatic carbocycles. The summed E-state index contributed by atoms with van der Waals surface area (Å²) in [4.78, 5) is 28.1. The lowest BCUT2D eigenvalue weighted by atomic mass is 9.74. The van der Waals surface area contributed by atoms with Gasteiger partial charge in [0.05, 0.1) is 25.7 Å². The van der Waals surface area contributed by atoms with E-state index in [2.05, 4.69) is 0 Å². The van der Waals surface area contributed by atoms with Crippen molar-refractivity contribution in [2.45, 2.75) is 38.1 Å². The van der Waals surface area contributed by atoms with Crippen molar-refractivity contribution in [2.24, 2.45) is 11.7 Å². The molecule has 0 radical (unpaired) electrons. The topological polar surface area (TPSA) is 75.9 Å². The first-order valence-electron chi connectivity index (χ1n) is 7.81. The Morgan fingerprint density at radius 2 is 2.00 bits per heavy atom. The molecular formula is C15H27N3O3. The van der Waals surface area contributed by atoms with Crippen molar-refractivity contribution in [1.29, 1.82) is 0 Å². The summed E-state index contributed by atoms with van der Waals surface area (Å²) >= 11 is 0. The van der Waals surface area contributed by atoms with Gasteiger partial charge in [-0.25, -0.2) is 0 Å². The summed E-state index contributed by atoms with van der Waals surface area (Å²) in [6.07, 6.45) is 3.80. The van der Waals surface area contributed by atoms with Crippen molar-refractivity contribution in [3.63, 3.8) is 0 Å². The van der Waals surface area contributed by atoms with Gasteiger partial charge in [-0.1, -0.05) is 12.8 Å². The lowest BCUT2D eigenvalue weighted by Gasteiger charge is -2.39. The molecule has 2 N–H and O–H groups in total. The lowest BCUT2D eigenvalue weighted by molar-refractivity contribution is -0.145. The van der Waals surface area contributed by atoms with Gasteiger partial charge in [0.1, 0.15) is 0 Å². The number of likely N-dealkylation sites (N-methyl/N-ethyl adjacent to an activating group) is 1. The van der Waals surface area contributed by atoms with Crippen molar-refractivity contribution in [3.8, 4) is 0 Å². The van der Waals surface area contributed by atoms with Crippen LogP contribution in [0, 0.1) is 5.92 Å². The first-order chi connectivity index (χ1) is 9.92. The Labute approximate surface area is 126 Å². The summed E-state index contributed by atoms with van der Waals surface area (Å²) in [5.41, 5.74) is 5.82. The Hall–Kier alpha value is -1.14. The van der Waals surface area contributed by atoms with E-state index in [9.17, 15) is 9.59 Å². The average Bonchev–Trinajstić information content (AvgIpc) is 2.47. The minimum absolute atomic E-state index is 0.00121. The predicted octanol–water partition coefficient (Wildman–Crippen LogP) is 0.211. The fraction of sp³-hybridized carbons (Fsp3) is 0.867. The summed E-state index contributed by atoms with van der Waals surface area (Å²) in [5.74, 6) is -0.182. The van der Waals surface area contributed by atoms with Gasteiger partial charge < -0.3 is 20.3 Å². The van der Waals surface area contributed by atoms with E-state index in [0.717, 1.165) is 25.7 Å². The third-order valence-electron chi connectivity index (χ3n) is 4.66. The molecule has 2 rings (SSSR count). The lowest BCUT2D eigenvalue weighted by Crippen LogP contribution is -2.54. The summed E-state index contributed by atoms with van der Waals surface area (Å²) in [6.45, 7) is 4.45. The summed E-state index contributed by atoms with van der Waals surface area (Å²) in [5, 5.41) is 0. The zero-order valence-electron chi connectivity index (χ0n) is 13.1. The summed E-state index contributed by atoms with van der Waals surface area (Å²) in [6, 6.07) is 0. The maximum Gasteiger partial charge on any atom is 0.242 e. The van der Waals surface area contributed by atoms with Crippen LogP contribution in [0.1, 0.15) is 32.6 Å². The average molecular weight is 297 g/mol. The molecular weight excluding hydrogens is 270 g/mol. The Morgan fingerprint density at radius 1 is 1.33 bits per heavy atom. The van der Waals surface area contributed by atoms with E-state index >= 15 is 0 Å². The number of hydrogen-bond acceptors (Lipinski definition) is 4. The quantitative estimate of drug-likeness (QED) is 0.808.